The highest BCUT2D eigenvalue weighted by atomic mass is 16.5. The normalized spacial score (nSPS) is 26.1. The molecule has 0 aromatic rings. The van der Waals surface area contributed by atoms with Gasteiger partial charge in [0.1, 0.15) is 0 Å². The smallest absolute Gasteiger partial charge is 0.227 e. The van der Waals surface area contributed by atoms with Gasteiger partial charge in [-0.3, -0.25) is 4.79 Å². The van der Waals surface area contributed by atoms with Crippen LogP contribution in [-0.2, 0) is 9.53 Å². The molecule has 0 aliphatic carbocycles. The van der Waals surface area contributed by atoms with Crippen molar-refractivity contribution in [1.82, 2.24) is 5.32 Å². The van der Waals surface area contributed by atoms with E-state index in [1.807, 2.05) is 0 Å². The molecule has 16 heavy (non-hydrogen) atoms. The molecule has 1 aliphatic heterocycles. The Morgan fingerprint density at radius 1 is 1.50 bits per heavy atom. The van der Waals surface area contributed by atoms with Crippen LogP contribution in [0.25, 0.3) is 0 Å². The number of hydrogen-bond donors (Lipinski definition) is 2. The van der Waals surface area contributed by atoms with Crippen LogP contribution in [-0.4, -0.2) is 31.7 Å². The van der Waals surface area contributed by atoms with E-state index in [9.17, 15) is 4.79 Å². The lowest BCUT2D eigenvalue weighted by molar-refractivity contribution is -0.125. The lowest BCUT2D eigenvalue weighted by atomic mass is 9.81. The van der Waals surface area contributed by atoms with E-state index < -0.39 is 0 Å². The summed E-state index contributed by atoms with van der Waals surface area (Å²) in [7, 11) is 0. The summed E-state index contributed by atoms with van der Waals surface area (Å²) in [5.74, 6) is 0.378. The zero-order valence-electron chi connectivity index (χ0n) is 10.7. The molecule has 4 nitrogen and oxygen atoms in total. The van der Waals surface area contributed by atoms with Gasteiger partial charge in [-0.15, -0.1) is 0 Å². The number of carbonyl (C=O) groups excluding carboxylic acids is 1. The summed E-state index contributed by atoms with van der Waals surface area (Å²) >= 11 is 0. The summed E-state index contributed by atoms with van der Waals surface area (Å²) in [6.07, 6.45) is 0. The van der Waals surface area contributed by atoms with E-state index in [0.717, 1.165) is 0 Å². The maximum atomic E-state index is 11.9. The topological polar surface area (TPSA) is 64.3 Å². The Balaban J connectivity index is 2.41. The highest BCUT2D eigenvalue weighted by molar-refractivity contribution is 5.79. The largest absolute Gasteiger partial charge is 0.379 e. The standard InChI is InChI=1S/C12H24N2O2/c1-8(2)12(3,4)7-14-11(15)9-5-16-6-10(9)13/h8-10H,5-7,13H2,1-4H3,(H,14,15). The molecular formula is C12H24N2O2. The second kappa shape index (κ2) is 5.15. The predicted molar refractivity (Wildman–Crippen MR) is 63.9 cm³/mol. The summed E-state index contributed by atoms with van der Waals surface area (Å²) in [6.45, 7) is 10.3. The lowest BCUT2D eigenvalue weighted by Crippen LogP contribution is -2.44. The van der Waals surface area contributed by atoms with Crippen molar-refractivity contribution in [3.63, 3.8) is 0 Å². The highest BCUT2D eigenvalue weighted by Crippen LogP contribution is 2.25. The fourth-order valence-electron chi connectivity index (χ4n) is 1.49. The van der Waals surface area contributed by atoms with Crippen LogP contribution in [0.3, 0.4) is 0 Å². The molecule has 1 fully saturated rings. The van der Waals surface area contributed by atoms with Gasteiger partial charge in [0, 0.05) is 12.6 Å². The van der Waals surface area contributed by atoms with E-state index >= 15 is 0 Å². The fourth-order valence-corrected chi connectivity index (χ4v) is 1.49. The van der Waals surface area contributed by atoms with Gasteiger partial charge >= 0.3 is 0 Å². The Kier molecular flexibility index (Phi) is 4.33. The van der Waals surface area contributed by atoms with E-state index in [2.05, 4.69) is 33.0 Å². The van der Waals surface area contributed by atoms with Crippen LogP contribution in [0.1, 0.15) is 27.7 Å². The van der Waals surface area contributed by atoms with Crippen molar-refractivity contribution in [1.29, 1.82) is 0 Å². The van der Waals surface area contributed by atoms with Gasteiger partial charge in [-0.1, -0.05) is 27.7 Å². The Morgan fingerprint density at radius 2 is 2.12 bits per heavy atom. The first-order valence-electron chi connectivity index (χ1n) is 5.95. The Morgan fingerprint density at radius 3 is 2.56 bits per heavy atom. The first-order chi connectivity index (χ1) is 7.34. The van der Waals surface area contributed by atoms with Gasteiger partial charge in [0.05, 0.1) is 19.1 Å². The zero-order valence-corrected chi connectivity index (χ0v) is 10.7. The first kappa shape index (κ1) is 13.5. The van der Waals surface area contributed by atoms with Crippen LogP contribution in [0, 0.1) is 17.3 Å². The number of nitrogens with one attached hydrogen (secondary N) is 1. The van der Waals surface area contributed by atoms with Crippen molar-refractivity contribution in [3.8, 4) is 0 Å². The van der Waals surface area contributed by atoms with Crippen LogP contribution in [0.15, 0.2) is 0 Å². The van der Waals surface area contributed by atoms with Gasteiger partial charge in [-0.2, -0.15) is 0 Å². The van der Waals surface area contributed by atoms with Crippen molar-refractivity contribution in [2.24, 2.45) is 23.0 Å². The first-order valence-corrected chi connectivity index (χ1v) is 5.95. The fraction of sp³-hybridized carbons (Fsp3) is 0.917. The molecule has 0 aromatic heterocycles. The number of ether oxygens (including phenoxy) is 1. The van der Waals surface area contributed by atoms with Crippen molar-refractivity contribution >= 4 is 5.91 Å². The van der Waals surface area contributed by atoms with Crippen LogP contribution in [0.5, 0.6) is 0 Å². The van der Waals surface area contributed by atoms with Gasteiger partial charge < -0.3 is 15.8 Å². The minimum atomic E-state index is -0.178. The van der Waals surface area contributed by atoms with Crippen molar-refractivity contribution < 1.29 is 9.53 Å². The van der Waals surface area contributed by atoms with Gasteiger partial charge in [0.2, 0.25) is 5.91 Å². The number of hydrogen-bond acceptors (Lipinski definition) is 3. The molecule has 0 spiro atoms. The van der Waals surface area contributed by atoms with Crippen LogP contribution < -0.4 is 11.1 Å². The van der Waals surface area contributed by atoms with Gasteiger partial charge in [-0.05, 0) is 11.3 Å². The molecule has 2 atom stereocenters. The Bertz CT molecular complexity index is 251. The molecule has 0 bridgehead atoms. The number of amides is 1. The van der Waals surface area contributed by atoms with Gasteiger partial charge in [0.15, 0.2) is 0 Å². The minimum absolute atomic E-state index is 0.0266. The van der Waals surface area contributed by atoms with Crippen LogP contribution in [0.2, 0.25) is 0 Å². The van der Waals surface area contributed by atoms with E-state index in [4.69, 9.17) is 10.5 Å². The number of carbonyl (C=O) groups is 1. The second-order valence-electron chi connectivity index (χ2n) is 5.67. The van der Waals surface area contributed by atoms with E-state index in [-0.39, 0.29) is 23.3 Å². The molecule has 0 aromatic carbocycles. The molecular weight excluding hydrogens is 204 g/mol. The molecule has 2 unspecified atom stereocenters. The maximum absolute atomic E-state index is 11.9. The summed E-state index contributed by atoms with van der Waals surface area (Å²) in [5.41, 5.74) is 5.90. The number of rotatable bonds is 4. The lowest BCUT2D eigenvalue weighted by Gasteiger charge is -2.30. The second-order valence-corrected chi connectivity index (χ2v) is 5.67. The monoisotopic (exact) mass is 228 g/mol. The zero-order chi connectivity index (χ0) is 12.3. The minimum Gasteiger partial charge on any atom is -0.379 e. The third kappa shape index (κ3) is 3.19. The Labute approximate surface area is 97.9 Å². The van der Waals surface area contributed by atoms with Crippen molar-refractivity contribution in [2.45, 2.75) is 33.7 Å². The third-order valence-corrected chi connectivity index (χ3v) is 3.74. The third-order valence-electron chi connectivity index (χ3n) is 3.74. The molecule has 1 amide bonds. The van der Waals surface area contributed by atoms with Gasteiger partial charge in [0.25, 0.3) is 0 Å². The predicted octanol–water partition coefficient (Wildman–Crippen LogP) is 0.759. The molecule has 1 rings (SSSR count). The van der Waals surface area contributed by atoms with Crippen LogP contribution in [0.4, 0.5) is 0 Å². The van der Waals surface area contributed by atoms with Crippen LogP contribution >= 0.6 is 0 Å². The molecule has 94 valence electrons. The van der Waals surface area contributed by atoms with Crippen molar-refractivity contribution in [3.05, 3.63) is 0 Å². The quantitative estimate of drug-likeness (QED) is 0.746. The summed E-state index contributed by atoms with van der Waals surface area (Å²) in [4.78, 5) is 11.9. The van der Waals surface area contributed by atoms with E-state index in [0.29, 0.717) is 25.7 Å². The molecule has 1 aliphatic rings. The molecule has 1 heterocycles. The summed E-state index contributed by atoms with van der Waals surface area (Å²) in [5, 5.41) is 2.98. The highest BCUT2D eigenvalue weighted by Gasteiger charge is 2.32. The van der Waals surface area contributed by atoms with Crippen molar-refractivity contribution in [2.75, 3.05) is 19.8 Å². The SMILES string of the molecule is CC(C)C(C)(C)CNC(=O)C1COCC1N. The molecule has 3 N–H and O–H groups in total. The molecule has 4 heteroatoms. The van der Waals surface area contributed by atoms with Gasteiger partial charge in [-0.25, -0.2) is 0 Å². The maximum Gasteiger partial charge on any atom is 0.227 e. The summed E-state index contributed by atoms with van der Waals surface area (Å²) < 4.78 is 5.18. The van der Waals surface area contributed by atoms with E-state index in [1.165, 1.54) is 0 Å². The Hall–Kier alpha value is -0.610. The summed E-state index contributed by atoms with van der Waals surface area (Å²) in [6, 6.07) is -0.151. The number of nitrogens with two attached hydrogens (primary N) is 1. The molecule has 1 saturated heterocycles. The average molecular weight is 228 g/mol. The van der Waals surface area contributed by atoms with E-state index in [1.54, 1.807) is 0 Å². The molecule has 0 saturated carbocycles. The molecule has 0 radical (unpaired) electrons. The average Bonchev–Trinajstić information content (AvgIpc) is 2.61.